The SMILES string of the molecule is COc1ccc(C)cc1[C@@H](C)NC(=O)NCCc1ccc(Cl)cc1. The molecule has 0 saturated heterocycles. The maximum Gasteiger partial charge on any atom is 0.315 e. The van der Waals surface area contributed by atoms with Crippen LogP contribution >= 0.6 is 11.6 Å². The number of aryl methyl sites for hydroxylation is 1. The molecular weight excluding hydrogens is 324 g/mol. The van der Waals surface area contributed by atoms with Crippen molar-refractivity contribution in [2.45, 2.75) is 26.3 Å². The first-order valence-electron chi connectivity index (χ1n) is 7.93. The number of rotatable bonds is 6. The Morgan fingerprint density at radius 1 is 1.21 bits per heavy atom. The van der Waals surface area contributed by atoms with Crippen LogP contribution in [0.3, 0.4) is 0 Å². The maximum absolute atomic E-state index is 12.1. The molecular formula is C19H23ClN2O2. The van der Waals surface area contributed by atoms with Gasteiger partial charge in [0.15, 0.2) is 0 Å². The van der Waals surface area contributed by atoms with Crippen LogP contribution in [0, 0.1) is 6.92 Å². The van der Waals surface area contributed by atoms with Gasteiger partial charge in [-0.1, -0.05) is 41.4 Å². The second kappa shape index (κ2) is 8.60. The molecule has 0 spiro atoms. The second-order valence-corrected chi connectivity index (χ2v) is 6.18. The van der Waals surface area contributed by atoms with Crippen molar-refractivity contribution in [3.05, 3.63) is 64.2 Å². The second-order valence-electron chi connectivity index (χ2n) is 5.74. The van der Waals surface area contributed by atoms with Crippen molar-refractivity contribution in [2.24, 2.45) is 0 Å². The van der Waals surface area contributed by atoms with E-state index in [0.717, 1.165) is 28.9 Å². The lowest BCUT2D eigenvalue weighted by atomic mass is 10.0. The van der Waals surface area contributed by atoms with Crippen LogP contribution < -0.4 is 15.4 Å². The number of nitrogens with one attached hydrogen (secondary N) is 2. The molecule has 0 radical (unpaired) electrons. The summed E-state index contributed by atoms with van der Waals surface area (Å²) in [6.45, 7) is 4.52. The number of hydrogen-bond donors (Lipinski definition) is 2. The fraction of sp³-hybridized carbons (Fsp3) is 0.316. The van der Waals surface area contributed by atoms with Gasteiger partial charge in [-0.3, -0.25) is 0 Å². The summed E-state index contributed by atoms with van der Waals surface area (Å²) in [6, 6.07) is 13.2. The third-order valence-electron chi connectivity index (χ3n) is 3.81. The average molecular weight is 347 g/mol. The molecule has 2 aromatic rings. The highest BCUT2D eigenvalue weighted by molar-refractivity contribution is 6.30. The Kier molecular flexibility index (Phi) is 6.50. The summed E-state index contributed by atoms with van der Waals surface area (Å²) in [4.78, 5) is 12.1. The predicted octanol–water partition coefficient (Wildman–Crippen LogP) is 4.26. The molecule has 0 bridgehead atoms. The van der Waals surface area contributed by atoms with E-state index in [1.54, 1.807) is 7.11 Å². The number of carbonyl (C=O) groups excluding carboxylic acids is 1. The molecule has 0 saturated carbocycles. The van der Waals surface area contributed by atoms with E-state index in [2.05, 4.69) is 10.6 Å². The Morgan fingerprint density at radius 2 is 1.92 bits per heavy atom. The van der Waals surface area contributed by atoms with Gasteiger partial charge in [0.2, 0.25) is 0 Å². The maximum atomic E-state index is 12.1. The molecule has 0 heterocycles. The molecule has 2 N–H and O–H groups in total. The zero-order valence-electron chi connectivity index (χ0n) is 14.2. The van der Waals surface area contributed by atoms with Crippen LogP contribution in [0.1, 0.15) is 29.7 Å². The fourth-order valence-electron chi connectivity index (χ4n) is 2.49. The Balaban J connectivity index is 1.85. The summed E-state index contributed by atoms with van der Waals surface area (Å²) in [7, 11) is 1.63. The van der Waals surface area contributed by atoms with Crippen molar-refractivity contribution < 1.29 is 9.53 Å². The van der Waals surface area contributed by atoms with Gasteiger partial charge in [-0.2, -0.15) is 0 Å². The molecule has 2 aromatic carbocycles. The number of halogens is 1. The smallest absolute Gasteiger partial charge is 0.315 e. The minimum absolute atomic E-state index is 0.143. The summed E-state index contributed by atoms with van der Waals surface area (Å²) in [6.07, 6.45) is 0.757. The first-order valence-corrected chi connectivity index (χ1v) is 8.30. The number of carbonyl (C=O) groups is 1. The lowest BCUT2D eigenvalue weighted by Gasteiger charge is -2.18. The molecule has 0 aliphatic carbocycles. The monoisotopic (exact) mass is 346 g/mol. The number of ether oxygens (including phenoxy) is 1. The number of methoxy groups -OCH3 is 1. The van der Waals surface area contributed by atoms with Crippen molar-refractivity contribution in [1.29, 1.82) is 0 Å². The average Bonchev–Trinajstić information content (AvgIpc) is 2.56. The van der Waals surface area contributed by atoms with E-state index in [1.165, 1.54) is 0 Å². The van der Waals surface area contributed by atoms with Crippen LogP contribution in [0.25, 0.3) is 0 Å². The topological polar surface area (TPSA) is 50.4 Å². The first-order chi connectivity index (χ1) is 11.5. The largest absolute Gasteiger partial charge is 0.496 e. The van der Waals surface area contributed by atoms with E-state index in [0.29, 0.717) is 11.6 Å². The van der Waals surface area contributed by atoms with Crippen LogP contribution in [0.2, 0.25) is 5.02 Å². The van der Waals surface area contributed by atoms with Crippen molar-refractivity contribution in [1.82, 2.24) is 10.6 Å². The van der Waals surface area contributed by atoms with E-state index in [4.69, 9.17) is 16.3 Å². The summed E-state index contributed by atoms with van der Waals surface area (Å²) >= 11 is 5.86. The van der Waals surface area contributed by atoms with Crippen LogP contribution in [0.15, 0.2) is 42.5 Å². The Morgan fingerprint density at radius 3 is 2.58 bits per heavy atom. The molecule has 2 amide bonds. The zero-order valence-corrected chi connectivity index (χ0v) is 15.0. The van der Waals surface area contributed by atoms with Gasteiger partial charge in [0.25, 0.3) is 0 Å². The van der Waals surface area contributed by atoms with Crippen molar-refractivity contribution in [3.8, 4) is 5.75 Å². The van der Waals surface area contributed by atoms with Gasteiger partial charge in [0.05, 0.1) is 13.2 Å². The van der Waals surface area contributed by atoms with Crippen LogP contribution in [0.4, 0.5) is 4.79 Å². The standard InChI is InChI=1S/C19H23ClN2O2/c1-13-4-9-18(24-3)17(12-13)14(2)22-19(23)21-11-10-15-5-7-16(20)8-6-15/h4-9,12,14H,10-11H2,1-3H3,(H2,21,22,23)/t14-/m1/s1. The molecule has 0 aliphatic rings. The van der Waals surface area contributed by atoms with Gasteiger partial charge in [-0.05, 0) is 44.0 Å². The molecule has 2 rings (SSSR count). The van der Waals surface area contributed by atoms with Crippen LogP contribution in [-0.2, 0) is 6.42 Å². The number of benzene rings is 2. The van der Waals surface area contributed by atoms with Gasteiger partial charge in [-0.25, -0.2) is 4.79 Å². The molecule has 0 aromatic heterocycles. The summed E-state index contributed by atoms with van der Waals surface area (Å²) in [5, 5.41) is 6.53. The molecule has 0 aliphatic heterocycles. The highest BCUT2D eigenvalue weighted by Crippen LogP contribution is 2.25. The zero-order chi connectivity index (χ0) is 17.5. The third kappa shape index (κ3) is 5.17. The van der Waals surface area contributed by atoms with E-state index in [1.807, 2.05) is 56.3 Å². The summed E-state index contributed by atoms with van der Waals surface area (Å²) in [5.74, 6) is 0.773. The molecule has 1 atom stereocenters. The number of urea groups is 1. The third-order valence-corrected chi connectivity index (χ3v) is 4.06. The van der Waals surface area contributed by atoms with Gasteiger partial charge < -0.3 is 15.4 Å². The lowest BCUT2D eigenvalue weighted by molar-refractivity contribution is 0.238. The highest BCUT2D eigenvalue weighted by atomic mass is 35.5. The molecule has 5 heteroatoms. The van der Waals surface area contributed by atoms with E-state index < -0.39 is 0 Å². The Hall–Kier alpha value is -2.20. The van der Waals surface area contributed by atoms with Crippen LogP contribution in [0.5, 0.6) is 5.75 Å². The minimum Gasteiger partial charge on any atom is -0.496 e. The summed E-state index contributed by atoms with van der Waals surface area (Å²) < 4.78 is 5.37. The molecule has 0 fully saturated rings. The predicted molar refractivity (Wildman–Crippen MR) is 97.8 cm³/mol. The quantitative estimate of drug-likeness (QED) is 0.821. The minimum atomic E-state index is -0.194. The van der Waals surface area contributed by atoms with E-state index in [9.17, 15) is 4.79 Å². The highest BCUT2D eigenvalue weighted by Gasteiger charge is 2.14. The molecule has 128 valence electrons. The first kappa shape index (κ1) is 18.1. The Labute approximate surface area is 148 Å². The molecule has 4 nitrogen and oxygen atoms in total. The van der Waals surface area contributed by atoms with E-state index in [-0.39, 0.29) is 12.1 Å². The van der Waals surface area contributed by atoms with Gasteiger partial charge in [-0.15, -0.1) is 0 Å². The number of amides is 2. The number of hydrogen-bond acceptors (Lipinski definition) is 2. The summed E-state index contributed by atoms with van der Waals surface area (Å²) in [5.41, 5.74) is 3.22. The van der Waals surface area contributed by atoms with Crippen molar-refractivity contribution >= 4 is 17.6 Å². The van der Waals surface area contributed by atoms with Gasteiger partial charge in [0.1, 0.15) is 5.75 Å². The van der Waals surface area contributed by atoms with Crippen molar-refractivity contribution in [3.63, 3.8) is 0 Å². The Bertz CT molecular complexity index is 686. The van der Waals surface area contributed by atoms with E-state index >= 15 is 0 Å². The van der Waals surface area contributed by atoms with Gasteiger partial charge in [0, 0.05) is 17.1 Å². The lowest BCUT2D eigenvalue weighted by Crippen LogP contribution is -2.38. The van der Waals surface area contributed by atoms with Crippen LogP contribution in [-0.4, -0.2) is 19.7 Å². The normalized spacial score (nSPS) is 11.7. The fourth-order valence-corrected chi connectivity index (χ4v) is 2.62. The van der Waals surface area contributed by atoms with Crippen molar-refractivity contribution in [2.75, 3.05) is 13.7 Å². The molecule has 24 heavy (non-hydrogen) atoms. The van der Waals surface area contributed by atoms with Gasteiger partial charge >= 0.3 is 6.03 Å². The molecule has 0 unspecified atom stereocenters.